The summed E-state index contributed by atoms with van der Waals surface area (Å²) < 4.78 is 0. The zero-order valence-electron chi connectivity index (χ0n) is 15.3. The summed E-state index contributed by atoms with van der Waals surface area (Å²) in [6.45, 7) is 2.28. The number of rotatable bonds is 9. The Hall–Kier alpha value is -2.28. The van der Waals surface area contributed by atoms with Crippen molar-refractivity contribution in [1.82, 2.24) is 0 Å². The Bertz CT molecular complexity index is 776. The fraction of sp³-hybridized carbons (Fsp3) is 0.333. The average Bonchev–Trinajstić information content (AvgIpc) is 2.66. The van der Waals surface area contributed by atoms with Crippen molar-refractivity contribution < 1.29 is 0 Å². The van der Waals surface area contributed by atoms with E-state index in [0.717, 1.165) is 12.1 Å². The molecule has 1 N–H and O–H groups in total. The van der Waals surface area contributed by atoms with Crippen LogP contribution in [-0.4, -0.2) is 0 Å². The molecule has 3 rings (SSSR count). The van der Waals surface area contributed by atoms with Crippen molar-refractivity contribution in [2.75, 3.05) is 5.32 Å². The number of hydrogen-bond acceptors (Lipinski definition) is 1. The largest absolute Gasteiger partial charge is 0.355 e. The van der Waals surface area contributed by atoms with Gasteiger partial charge in [-0.25, -0.2) is 0 Å². The molecule has 0 amide bonds. The smallest absolute Gasteiger partial charge is 0.0423 e. The molecular formula is C24H29N. The van der Waals surface area contributed by atoms with Crippen molar-refractivity contribution in [3.05, 3.63) is 72.3 Å². The molecule has 0 aromatic heterocycles. The molecule has 0 radical (unpaired) electrons. The lowest BCUT2D eigenvalue weighted by Gasteiger charge is -2.15. The van der Waals surface area contributed by atoms with Gasteiger partial charge in [0.05, 0.1) is 0 Å². The van der Waals surface area contributed by atoms with Gasteiger partial charge in [-0.15, -0.1) is 0 Å². The molecule has 0 fully saturated rings. The number of fused-ring (bicyclic) bond motifs is 1. The Labute approximate surface area is 152 Å². The molecule has 0 aliphatic rings. The molecule has 0 atom stereocenters. The molecule has 0 aliphatic heterocycles. The van der Waals surface area contributed by atoms with E-state index in [1.54, 1.807) is 0 Å². The summed E-state index contributed by atoms with van der Waals surface area (Å²) in [4.78, 5) is 0. The normalized spacial score (nSPS) is 10.9. The molecule has 0 saturated carbocycles. The topological polar surface area (TPSA) is 12.0 Å². The van der Waals surface area contributed by atoms with Gasteiger partial charge in [-0.1, -0.05) is 87.6 Å². The molecule has 1 nitrogen and oxygen atoms in total. The van der Waals surface area contributed by atoms with Crippen molar-refractivity contribution in [2.45, 2.75) is 51.9 Å². The SMILES string of the molecule is CCCCCCCCc1c(Nc2ccccc2)ccc2ccccc12. The van der Waals surface area contributed by atoms with Gasteiger partial charge < -0.3 is 5.32 Å². The summed E-state index contributed by atoms with van der Waals surface area (Å²) in [7, 11) is 0. The lowest BCUT2D eigenvalue weighted by Crippen LogP contribution is -1.98. The number of aryl methyl sites for hydroxylation is 1. The molecule has 25 heavy (non-hydrogen) atoms. The zero-order chi connectivity index (χ0) is 17.3. The minimum Gasteiger partial charge on any atom is -0.355 e. The van der Waals surface area contributed by atoms with Gasteiger partial charge in [0.25, 0.3) is 0 Å². The van der Waals surface area contributed by atoms with Crippen LogP contribution < -0.4 is 5.32 Å². The maximum atomic E-state index is 3.63. The van der Waals surface area contributed by atoms with Gasteiger partial charge in [-0.05, 0) is 47.4 Å². The second-order valence-corrected chi connectivity index (χ2v) is 6.82. The van der Waals surface area contributed by atoms with Crippen LogP contribution >= 0.6 is 0 Å². The first-order valence-electron chi connectivity index (χ1n) is 9.71. The lowest BCUT2D eigenvalue weighted by atomic mass is 9.97. The van der Waals surface area contributed by atoms with Crippen LogP contribution in [0.5, 0.6) is 0 Å². The molecule has 0 spiro atoms. The van der Waals surface area contributed by atoms with E-state index in [9.17, 15) is 0 Å². The highest BCUT2D eigenvalue weighted by Gasteiger charge is 2.08. The minimum atomic E-state index is 1.14. The molecule has 0 saturated heterocycles. The van der Waals surface area contributed by atoms with Crippen LogP contribution in [0.3, 0.4) is 0 Å². The van der Waals surface area contributed by atoms with Crippen molar-refractivity contribution >= 4 is 22.1 Å². The third-order valence-electron chi connectivity index (χ3n) is 4.87. The monoisotopic (exact) mass is 331 g/mol. The van der Waals surface area contributed by atoms with Crippen LogP contribution in [0.2, 0.25) is 0 Å². The Morgan fingerprint density at radius 3 is 2.24 bits per heavy atom. The van der Waals surface area contributed by atoms with Gasteiger partial charge in [0.1, 0.15) is 0 Å². The van der Waals surface area contributed by atoms with Crippen LogP contribution in [0.15, 0.2) is 66.7 Å². The highest BCUT2D eigenvalue weighted by Crippen LogP contribution is 2.30. The summed E-state index contributed by atoms with van der Waals surface area (Å²) in [6.07, 6.45) is 9.16. The number of para-hydroxylation sites is 1. The highest BCUT2D eigenvalue weighted by molar-refractivity contribution is 5.91. The van der Waals surface area contributed by atoms with E-state index in [4.69, 9.17) is 0 Å². The van der Waals surface area contributed by atoms with E-state index in [2.05, 4.69) is 79.0 Å². The molecular weight excluding hydrogens is 302 g/mol. The fourth-order valence-corrected chi connectivity index (χ4v) is 3.48. The molecule has 0 unspecified atom stereocenters. The predicted molar refractivity (Wildman–Crippen MR) is 111 cm³/mol. The van der Waals surface area contributed by atoms with Crippen LogP contribution in [0.4, 0.5) is 11.4 Å². The summed E-state index contributed by atoms with van der Waals surface area (Å²) >= 11 is 0. The Morgan fingerprint density at radius 2 is 1.40 bits per heavy atom. The predicted octanol–water partition coefficient (Wildman–Crippen LogP) is 7.49. The van der Waals surface area contributed by atoms with Gasteiger partial charge in [-0.2, -0.15) is 0 Å². The van der Waals surface area contributed by atoms with Crippen LogP contribution in [-0.2, 0) is 6.42 Å². The quantitative estimate of drug-likeness (QED) is 0.400. The fourth-order valence-electron chi connectivity index (χ4n) is 3.48. The number of nitrogens with one attached hydrogen (secondary N) is 1. The van der Waals surface area contributed by atoms with E-state index < -0.39 is 0 Å². The number of benzene rings is 3. The van der Waals surface area contributed by atoms with E-state index in [0.29, 0.717) is 0 Å². The molecule has 3 aromatic carbocycles. The van der Waals surface area contributed by atoms with Crippen molar-refractivity contribution in [2.24, 2.45) is 0 Å². The lowest BCUT2D eigenvalue weighted by molar-refractivity contribution is 0.608. The minimum absolute atomic E-state index is 1.14. The highest BCUT2D eigenvalue weighted by atomic mass is 14.9. The third kappa shape index (κ3) is 4.85. The number of hydrogen-bond donors (Lipinski definition) is 1. The summed E-state index contributed by atoms with van der Waals surface area (Å²) in [5, 5.41) is 6.35. The van der Waals surface area contributed by atoms with Crippen LogP contribution in [0.1, 0.15) is 51.0 Å². The molecule has 130 valence electrons. The average molecular weight is 332 g/mol. The first-order chi connectivity index (χ1) is 12.4. The Morgan fingerprint density at radius 1 is 0.680 bits per heavy atom. The molecule has 0 bridgehead atoms. The molecule has 3 aromatic rings. The van der Waals surface area contributed by atoms with Crippen molar-refractivity contribution in [1.29, 1.82) is 0 Å². The maximum Gasteiger partial charge on any atom is 0.0423 e. The van der Waals surface area contributed by atoms with E-state index in [-0.39, 0.29) is 0 Å². The Kier molecular flexibility index (Phi) is 6.50. The van der Waals surface area contributed by atoms with Gasteiger partial charge in [0.2, 0.25) is 0 Å². The van der Waals surface area contributed by atoms with Gasteiger partial charge >= 0.3 is 0 Å². The van der Waals surface area contributed by atoms with Gasteiger partial charge in [0.15, 0.2) is 0 Å². The van der Waals surface area contributed by atoms with Crippen molar-refractivity contribution in [3.8, 4) is 0 Å². The number of anilines is 2. The summed E-state index contributed by atoms with van der Waals surface area (Å²) in [6, 6.07) is 23.7. The van der Waals surface area contributed by atoms with Crippen LogP contribution in [0, 0.1) is 0 Å². The summed E-state index contributed by atoms with van der Waals surface area (Å²) in [5.74, 6) is 0. The molecule has 0 aliphatic carbocycles. The first-order valence-corrected chi connectivity index (χ1v) is 9.71. The second-order valence-electron chi connectivity index (χ2n) is 6.82. The third-order valence-corrected chi connectivity index (χ3v) is 4.87. The zero-order valence-corrected chi connectivity index (χ0v) is 15.3. The van der Waals surface area contributed by atoms with Crippen molar-refractivity contribution in [3.63, 3.8) is 0 Å². The van der Waals surface area contributed by atoms with E-state index >= 15 is 0 Å². The van der Waals surface area contributed by atoms with Gasteiger partial charge in [0, 0.05) is 11.4 Å². The maximum absolute atomic E-state index is 3.63. The molecule has 1 heteroatoms. The van der Waals surface area contributed by atoms with Gasteiger partial charge in [-0.3, -0.25) is 0 Å². The standard InChI is InChI=1S/C24H29N/c1-2-3-4-5-6-10-17-23-22-16-12-11-13-20(22)18-19-24(23)25-21-14-8-7-9-15-21/h7-9,11-16,18-19,25H,2-6,10,17H2,1H3. The second kappa shape index (κ2) is 9.27. The Balaban J connectivity index is 1.78. The first kappa shape index (κ1) is 17.5. The van der Waals surface area contributed by atoms with E-state index in [1.165, 1.54) is 60.5 Å². The van der Waals surface area contributed by atoms with Crippen LogP contribution in [0.25, 0.3) is 10.8 Å². The molecule has 0 heterocycles. The summed E-state index contributed by atoms with van der Waals surface area (Å²) in [5.41, 5.74) is 3.86. The number of unbranched alkanes of at least 4 members (excludes halogenated alkanes) is 5. The van der Waals surface area contributed by atoms with E-state index in [1.807, 2.05) is 0 Å².